The molecule has 0 fully saturated rings. The van der Waals surface area contributed by atoms with E-state index >= 15 is 0 Å². The zero-order chi connectivity index (χ0) is 44.8. The van der Waals surface area contributed by atoms with Crippen LogP contribution in [0.2, 0.25) is 0 Å². The van der Waals surface area contributed by atoms with E-state index in [1.165, 1.54) is 6.92 Å². The normalized spacial score (nSPS) is 13.6. The zero-order valence-electron chi connectivity index (χ0n) is 34.5. The van der Waals surface area contributed by atoms with Crippen molar-refractivity contribution in [1.82, 2.24) is 42.5 Å². The summed E-state index contributed by atoms with van der Waals surface area (Å²) < 4.78 is 0. The summed E-state index contributed by atoms with van der Waals surface area (Å²) in [6, 6.07) is 2.63. The fourth-order valence-corrected chi connectivity index (χ4v) is 5.36. The molecule has 0 radical (unpaired) electrons. The Hall–Kier alpha value is -6.34. The summed E-state index contributed by atoms with van der Waals surface area (Å²) in [5, 5.41) is 28.8. The van der Waals surface area contributed by atoms with Crippen LogP contribution in [0.15, 0.2) is 42.5 Å². The molecule has 20 heteroatoms. The van der Waals surface area contributed by atoms with E-state index in [9.17, 15) is 53.1 Å². The van der Waals surface area contributed by atoms with Gasteiger partial charge in [-0.05, 0) is 36.2 Å². The van der Waals surface area contributed by atoms with Crippen LogP contribution in [0.5, 0.6) is 0 Å². The molecule has 0 spiro atoms. The van der Waals surface area contributed by atoms with Gasteiger partial charge in [-0.3, -0.25) is 43.2 Å². The number of nitrogens with two attached hydrogens (primary N) is 1. The first-order chi connectivity index (χ1) is 27.6. The van der Waals surface area contributed by atoms with E-state index in [-0.39, 0.29) is 37.0 Å². The van der Waals surface area contributed by atoms with Crippen LogP contribution in [0.4, 0.5) is 0 Å². The monoisotopic (exact) mass is 829 g/mol. The first-order valence-corrected chi connectivity index (χ1v) is 19.1. The maximum atomic E-state index is 13.6. The maximum Gasteiger partial charge on any atom is 0.326 e. The first-order valence-electron chi connectivity index (χ1n) is 19.1. The van der Waals surface area contributed by atoms with E-state index in [0.717, 1.165) is 12.2 Å². The van der Waals surface area contributed by atoms with E-state index in [4.69, 9.17) is 5.73 Å². The molecule has 1 aromatic carbocycles. The van der Waals surface area contributed by atoms with Gasteiger partial charge in [-0.15, -0.1) is 0 Å². The molecule has 0 bridgehead atoms. The van der Waals surface area contributed by atoms with Crippen molar-refractivity contribution in [2.24, 2.45) is 23.5 Å². The number of primary amides is 1. The Morgan fingerprint density at radius 1 is 0.610 bits per heavy atom. The third-order valence-electron chi connectivity index (χ3n) is 8.31. The van der Waals surface area contributed by atoms with Gasteiger partial charge in [0.05, 0.1) is 13.1 Å². The predicted octanol–water partition coefficient (Wildman–Crippen LogP) is -2.10. The van der Waals surface area contributed by atoms with Crippen LogP contribution in [-0.4, -0.2) is 114 Å². The van der Waals surface area contributed by atoms with Crippen LogP contribution < -0.4 is 48.3 Å². The first kappa shape index (κ1) is 50.7. The molecule has 1 aromatic rings. The maximum absolute atomic E-state index is 13.6. The highest BCUT2D eigenvalue weighted by Gasteiger charge is 2.32. The highest BCUT2D eigenvalue weighted by molar-refractivity contribution is 6.00. The molecular formula is C39H59N9O11. The molecule has 0 aliphatic carbocycles. The number of nitrogens with one attached hydrogen (secondary N) is 8. The van der Waals surface area contributed by atoms with Gasteiger partial charge in [0, 0.05) is 32.0 Å². The smallest absolute Gasteiger partial charge is 0.326 e. The summed E-state index contributed by atoms with van der Waals surface area (Å²) in [6.45, 7) is 10.2. The van der Waals surface area contributed by atoms with Crippen molar-refractivity contribution in [2.45, 2.75) is 97.9 Å². The molecule has 0 saturated carbocycles. The van der Waals surface area contributed by atoms with Gasteiger partial charge in [0.2, 0.25) is 53.2 Å². The lowest BCUT2D eigenvalue weighted by Crippen LogP contribution is -2.60. The van der Waals surface area contributed by atoms with Gasteiger partial charge in [0.25, 0.3) is 0 Å². The van der Waals surface area contributed by atoms with E-state index in [1.807, 2.05) is 13.8 Å². The molecule has 5 unspecified atom stereocenters. The fourth-order valence-electron chi connectivity index (χ4n) is 5.36. The summed E-state index contributed by atoms with van der Waals surface area (Å²) >= 11 is 0. The molecule has 0 heterocycles. The average Bonchev–Trinajstić information content (AvgIpc) is 3.14. The molecule has 20 nitrogen and oxygen atoms in total. The Kier molecular flexibility index (Phi) is 22.2. The zero-order valence-corrected chi connectivity index (χ0v) is 34.5. The average molecular weight is 830 g/mol. The van der Waals surface area contributed by atoms with Crippen LogP contribution in [0.25, 0.3) is 0 Å². The van der Waals surface area contributed by atoms with Crippen LogP contribution in [0.3, 0.4) is 0 Å². The molecule has 0 aliphatic rings. The van der Waals surface area contributed by atoms with Gasteiger partial charge in [0.1, 0.15) is 30.2 Å². The summed E-state index contributed by atoms with van der Waals surface area (Å²) in [5.41, 5.74) is 6.13. The Labute approximate surface area is 343 Å². The largest absolute Gasteiger partial charge is 0.480 e. The molecule has 5 atom stereocenters. The molecule has 11 N–H and O–H groups in total. The number of hydrogen-bond acceptors (Lipinski definition) is 10. The summed E-state index contributed by atoms with van der Waals surface area (Å²) in [4.78, 5) is 125. The SMILES string of the molecule is CC(=O)NCC(NC(=O)C=CC(=O)NCC(=O)NCC(=O)NC(Cc1ccccc1)C(=O)O)C(=O)NC(CC(C)C)C(=O)NC(CC(C)C)C(=O)NC(C(N)=O)C(C)C. The van der Waals surface area contributed by atoms with Gasteiger partial charge in [-0.2, -0.15) is 0 Å². The molecule has 1 rings (SSSR count). The lowest BCUT2D eigenvalue weighted by molar-refractivity contribution is -0.141. The van der Waals surface area contributed by atoms with Crippen LogP contribution in [-0.2, 0) is 54.4 Å². The summed E-state index contributed by atoms with van der Waals surface area (Å²) in [7, 11) is 0. The number of rotatable bonds is 25. The minimum atomic E-state index is -1.44. The summed E-state index contributed by atoms with van der Waals surface area (Å²) in [5.74, 6) is -8.74. The second-order valence-corrected chi connectivity index (χ2v) is 15.0. The number of aliphatic carboxylic acids is 1. The summed E-state index contributed by atoms with van der Waals surface area (Å²) in [6.07, 6.45) is 1.84. The van der Waals surface area contributed by atoms with Gasteiger partial charge in [0.15, 0.2) is 0 Å². The predicted molar refractivity (Wildman–Crippen MR) is 214 cm³/mol. The van der Waals surface area contributed by atoms with Crippen molar-refractivity contribution in [3.63, 3.8) is 0 Å². The van der Waals surface area contributed by atoms with Crippen molar-refractivity contribution in [3.8, 4) is 0 Å². The second kappa shape index (κ2) is 25.8. The standard InChI is InChI=1S/C39H59N9O11/c1-21(2)15-26(36(55)46-27(16-22(3)4)37(56)48-34(23(5)6)35(40)54)47-38(57)29(18-41-24(7)49)45-31(51)14-13-30(50)42-19-32(52)43-20-33(53)44-28(39(58)59)17-25-11-9-8-10-12-25/h8-14,21-23,26-29,34H,15-20H2,1-7H3,(H2,40,54)(H,41,49)(H,42,50)(H,43,52)(H,44,53)(H,45,51)(H,46,55)(H,47,57)(H,48,56)(H,58,59). The van der Waals surface area contributed by atoms with Gasteiger partial charge in [-0.25, -0.2) is 4.79 Å². The molecule has 0 saturated heterocycles. The topological polar surface area (TPSA) is 313 Å². The minimum Gasteiger partial charge on any atom is -0.480 e. The molecule has 0 aliphatic heterocycles. The van der Waals surface area contributed by atoms with Crippen LogP contribution in [0, 0.1) is 17.8 Å². The van der Waals surface area contributed by atoms with Gasteiger partial charge in [-0.1, -0.05) is 71.9 Å². The molecule has 0 aromatic heterocycles. The molecule has 326 valence electrons. The Morgan fingerprint density at radius 3 is 1.61 bits per heavy atom. The number of carbonyl (C=O) groups is 10. The number of amides is 9. The van der Waals surface area contributed by atoms with E-state index < -0.39 is 109 Å². The van der Waals surface area contributed by atoms with Gasteiger partial charge < -0.3 is 53.4 Å². The van der Waals surface area contributed by atoms with E-state index in [1.54, 1.807) is 58.0 Å². The fraction of sp³-hybridized carbons (Fsp3) is 0.538. The number of carboxylic acids is 1. The van der Waals surface area contributed by atoms with Crippen molar-refractivity contribution in [1.29, 1.82) is 0 Å². The van der Waals surface area contributed by atoms with Gasteiger partial charge >= 0.3 is 5.97 Å². The molecular weight excluding hydrogens is 770 g/mol. The van der Waals surface area contributed by atoms with E-state index in [0.29, 0.717) is 5.56 Å². The highest BCUT2D eigenvalue weighted by atomic mass is 16.4. The number of carbonyl (C=O) groups excluding carboxylic acids is 9. The third-order valence-corrected chi connectivity index (χ3v) is 8.31. The quantitative estimate of drug-likeness (QED) is 0.0476. The number of carboxylic acid groups (broad SMARTS) is 1. The Balaban J connectivity index is 2.89. The minimum absolute atomic E-state index is 0.0153. The lowest BCUT2D eigenvalue weighted by atomic mass is 9.98. The third kappa shape index (κ3) is 21.1. The molecule has 9 amide bonds. The van der Waals surface area contributed by atoms with E-state index in [2.05, 4.69) is 42.5 Å². The lowest BCUT2D eigenvalue weighted by Gasteiger charge is -2.28. The van der Waals surface area contributed by atoms with Crippen LogP contribution in [0.1, 0.15) is 66.9 Å². The highest BCUT2D eigenvalue weighted by Crippen LogP contribution is 2.11. The van der Waals surface area contributed by atoms with Crippen molar-refractivity contribution in [2.75, 3.05) is 19.6 Å². The Morgan fingerprint density at radius 2 is 1.12 bits per heavy atom. The Bertz CT molecular complexity index is 1680. The number of benzene rings is 1. The second-order valence-electron chi connectivity index (χ2n) is 15.0. The van der Waals surface area contributed by atoms with Crippen molar-refractivity contribution >= 4 is 59.1 Å². The van der Waals surface area contributed by atoms with Crippen LogP contribution >= 0.6 is 0 Å². The van der Waals surface area contributed by atoms with Crippen molar-refractivity contribution < 1.29 is 53.1 Å². The molecule has 59 heavy (non-hydrogen) atoms. The van der Waals surface area contributed by atoms with Crippen molar-refractivity contribution in [3.05, 3.63) is 48.0 Å². The number of hydrogen-bond donors (Lipinski definition) is 10.